The first-order valence-electron chi connectivity index (χ1n) is 10.7. The van der Waals surface area contributed by atoms with Gasteiger partial charge in [-0.25, -0.2) is 0 Å². The van der Waals surface area contributed by atoms with Crippen molar-refractivity contribution >= 4 is 17.4 Å². The molecule has 0 bridgehead atoms. The molecule has 7 nitrogen and oxygen atoms in total. The third-order valence-corrected chi connectivity index (χ3v) is 6.18. The predicted octanol–water partition coefficient (Wildman–Crippen LogP) is 4.11. The molecule has 3 heterocycles. The minimum absolute atomic E-state index is 0.0958. The molecule has 1 saturated carbocycles. The van der Waals surface area contributed by atoms with Crippen LogP contribution in [0.3, 0.4) is 0 Å². The number of benzene rings is 1. The topological polar surface area (TPSA) is 104 Å². The smallest absolute Gasteiger partial charge is 0.260 e. The van der Waals surface area contributed by atoms with E-state index in [4.69, 9.17) is 4.42 Å². The number of carbonyl (C=O) groups is 2. The van der Waals surface area contributed by atoms with Crippen LogP contribution in [0.2, 0.25) is 0 Å². The van der Waals surface area contributed by atoms with Crippen LogP contribution in [0.25, 0.3) is 16.7 Å². The maximum atomic E-state index is 12.6. The first kappa shape index (κ1) is 20.1. The average Bonchev–Trinajstić information content (AvgIpc) is 3.50. The molecule has 2 aromatic heterocycles. The van der Waals surface area contributed by atoms with E-state index in [0.29, 0.717) is 40.4 Å². The molecule has 3 N–H and O–H groups in total. The summed E-state index contributed by atoms with van der Waals surface area (Å²) in [6, 6.07) is 9.12. The number of furan rings is 1. The third-order valence-electron chi connectivity index (χ3n) is 6.18. The summed E-state index contributed by atoms with van der Waals surface area (Å²) in [5, 5.41) is 15.8. The lowest BCUT2D eigenvalue weighted by atomic mass is 9.89. The van der Waals surface area contributed by atoms with Gasteiger partial charge in [0.15, 0.2) is 0 Å². The van der Waals surface area contributed by atoms with Gasteiger partial charge in [-0.3, -0.25) is 19.9 Å². The number of imide groups is 1. The number of fused-ring (bicyclic) bond motifs is 1. The normalized spacial score (nSPS) is 17.4. The van der Waals surface area contributed by atoms with E-state index in [1.165, 1.54) is 24.7 Å². The van der Waals surface area contributed by atoms with Gasteiger partial charge in [0.25, 0.3) is 11.8 Å². The summed E-state index contributed by atoms with van der Waals surface area (Å²) in [7, 11) is 0. The first-order chi connectivity index (χ1) is 15.6. The van der Waals surface area contributed by atoms with Crippen LogP contribution in [0.15, 0.2) is 59.7 Å². The van der Waals surface area contributed by atoms with Gasteiger partial charge in [0, 0.05) is 40.7 Å². The summed E-state index contributed by atoms with van der Waals surface area (Å²) in [6.45, 7) is 0.307. The molecule has 7 heteroatoms. The number of aromatic nitrogens is 1. The van der Waals surface area contributed by atoms with Crippen molar-refractivity contribution < 1.29 is 19.1 Å². The highest BCUT2D eigenvalue weighted by Crippen LogP contribution is 2.36. The second kappa shape index (κ2) is 8.34. The number of hydrogen-bond donors (Lipinski definition) is 3. The summed E-state index contributed by atoms with van der Waals surface area (Å²) in [4.78, 5) is 29.3. The van der Waals surface area contributed by atoms with Crippen molar-refractivity contribution in [3.05, 3.63) is 77.6 Å². The number of hydrogen-bond acceptors (Lipinski definition) is 6. The molecule has 162 valence electrons. The summed E-state index contributed by atoms with van der Waals surface area (Å²) >= 11 is 0. The lowest BCUT2D eigenvalue weighted by Gasteiger charge is -2.21. The van der Waals surface area contributed by atoms with Gasteiger partial charge in [0.2, 0.25) is 0 Å². The zero-order valence-corrected chi connectivity index (χ0v) is 17.4. The molecule has 3 aromatic rings. The molecule has 2 amide bonds. The van der Waals surface area contributed by atoms with Gasteiger partial charge in [-0.05, 0) is 42.5 Å². The number of carbonyl (C=O) groups excluding carboxylic acids is 2. The van der Waals surface area contributed by atoms with Gasteiger partial charge >= 0.3 is 0 Å². The van der Waals surface area contributed by atoms with E-state index in [9.17, 15) is 14.7 Å². The van der Waals surface area contributed by atoms with Crippen molar-refractivity contribution in [1.29, 1.82) is 0 Å². The van der Waals surface area contributed by atoms with Crippen molar-refractivity contribution in [3.63, 3.8) is 0 Å². The highest BCUT2D eigenvalue weighted by atomic mass is 16.3. The molecule has 5 rings (SSSR count). The van der Waals surface area contributed by atoms with Crippen LogP contribution >= 0.6 is 0 Å². The van der Waals surface area contributed by atoms with Gasteiger partial charge in [0.1, 0.15) is 5.75 Å². The molecule has 2 aliphatic rings. The second-order valence-corrected chi connectivity index (χ2v) is 8.21. The molecule has 0 saturated heterocycles. The molecule has 0 spiro atoms. The molecule has 0 atom stereocenters. The van der Waals surface area contributed by atoms with Gasteiger partial charge < -0.3 is 14.8 Å². The Bertz CT molecular complexity index is 1210. The number of pyridine rings is 1. The monoisotopic (exact) mass is 429 g/mol. The van der Waals surface area contributed by atoms with Crippen molar-refractivity contribution in [1.82, 2.24) is 15.6 Å². The fourth-order valence-electron chi connectivity index (χ4n) is 4.48. The highest BCUT2D eigenvalue weighted by Gasteiger charge is 2.28. The average molecular weight is 429 g/mol. The number of aromatic hydroxyl groups is 1. The van der Waals surface area contributed by atoms with E-state index in [0.717, 1.165) is 18.4 Å². The zero-order valence-electron chi connectivity index (χ0n) is 17.4. The van der Waals surface area contributed by atoms with E-state index >= 15 is 0 Å². The van der Waals surface area contributed by atoms with Crippen LogP contribution in [0, 0.1) is 0 Å². The number of nitrogens with one attached hydrogen (secondary N) is 2. The summed E-state index contributed by atoms with van der Waals surface area (Å²) in [6.07, 6.45) is 11.0. The Morgan fingerprint density at radius 1 is 1.09 bits per heavy atom. The van der Waals surface area contributed by atoms with Crippen LogP contribution < -0.4 is 10.6 Å². The molecule has 1 aliphatic carbocycles. The van der Waals surface area contributed by atoms with E-state index in [1.54, 1.807) is 30.8 Å². The summed E-state index contributed by atoms with van der Waals surface area (Å²) in [5.74, 6) is -0.222. The van der Waals surface area contributed by atoms with E-state index in [2.05, 4.69) is 15.6 Å². The molecule has 1 fully saturated rings. The Balaban J connectivity index is 1.37. The molecular weight excluding hydrogens is 406 g/mol. The molecule has 1 aromatic carbocycles. The van der Waals surface area contributed by atoms with Crippen LogP contribution in [-0.2, 0) is 11.3 Å². The van der Waals surface area contributed by atoms with Crippen molar-refractivity contribution in [2.75, 3.05) is 0 Å². The number of rotatable bonds is 5. The second-order valence-electron chi connectivity index (χ2n) is 8.21. The minimum atomic E-state index is -0.426. The lowest BCUT2D eigenvalue weighted by molar-refractivity contribution is -0.114. The molecular formula is C25H23N3O4. The van der Waals surface area contributed by atoms with Gasteiger partial charge in [-0.15, -0.1) is 0 Å². The zero-order chi connectivity index (χ0) is 22.1. The number of nitrogens with zero attached hydrogens (tertiary/aromatic N) is 1. The summed E-state index contributed by atoms with van der Waals surface area (Å²) < 4.78 is 5.05. The van der Waals surface area contributed by atoms with E-state index < -0.39 is 5.91 Å². The molecule has 0 unspecified atom stereocenters. The first-order valence-corrected chi connectivity index (χ1v) is 10.7. The standard InChI is InChI=1S/C25H23N3O4/c29-23-10-18(27-13-21(23)17-7-8-32-14-17)11-26-12-22-20-9-16(15-3-1-2-4-15)5-6-19(20)24(30)28-25(22)31/h5-10,12-15,26H,1-4,11H2,(H,27,29)(H,28,30,31)/b22-12-. The van der Waals surface area contributed by atoms with Crippen LogP contribution in [0.5, 0.6) is 5.75 Å². The maximum Gasteiger partial charge on any atom is 0.260 e. The highest BCUT2D eigenvalue weighted by molar-refractivity contribution is 6.31. The Labute approximate surface area is 185 Å². The fourth-order valence-corrected chi connectivity index (χ4v) is 4.48. The Morgan fingerprint density at radius 2 is 1.94 bits per heavy atom. The van der Waals surface area contributed by atoms with Gasteiger partial charge in [0.05, 0.1) is 30.3 Å². The quantitative estimate of drug-likeness (QED) is 0.417. The van der Waals surface area contributed by atoms with Crippen molar-refractivity contribution in [3.8, 4) is 16.9 Å². The fraction of sp³-hybridized carbons (Fsp3) is 0.240. The molecule has 32 heavy (non-hydrogen) atoms. The molecule has 0 radical (unpaired) electrons. The van der Waals surface area contributed by atoms with Crippen molar-refractivity contribution in [2.24, 2.45) is 0 Å². The van der Waals surface area contributed by atoms with Gasteiger partial charge in [-0.2, -0.15) is 0 Å². The third kappa shape index (κ3) is 3.77. The SMILES string of the molecule is O=C1NC(=O)c2ccc(C3CCCC3)cc2/C1=C/NCc1cc(O)c(-c2ccoc2)cn1. The van der Waals surface area contributed by atoms with Crippen molar-refractivity contribution in [2.45, 2.75) is 38.1 Å². The van der Waals surface area contributed by atoms with Gasteiger partial charge in [-0.1, -0.05) is 18.9 Å². The lowest BCUT2D eigenvalue weighted by Crippen LogP contribution is -2.37. The van der Waals surface area contributed by atoms with E-state index in [1.807, 2.05) is 18.2 Å². The molecule has 1 aliphatic heterocycles. The minimum Gasteiger partial charge on any atom is -0.507 e. The maximum absolute atomic E-state index is 12.6. The number of amides is 2. The Kier molecular flexibility index (Phi) is 5.23. The Morgan fingerprint density at radius 3 is 2.69 bits per heavy atom. The van der Waals surface area contributed by atoms with E-state index in [-0.39, 0.29) is 11.7 Å². The predicted molar refractivity (Wildman–Crippen MR) is 119 cm³/mol. The Hall–Kier alpha value is -3.87. The van der Waals surface area contributed by atoms with Crippen LogP contribution in [-0.4, -0.2) is 21.9 Å². The van der Waals surface area contributed by atoms with Crippen LogP contribution in [0.1, 0.15) is 58.8 Å². The van der Waals surface area contributed by atoms with Crippen LogP contribution in [0.4, 0.5) is 0 Å². The largest absolute Gasteiger partial charge is 0.507 e. The summed E-state index contributed by atoms with van der Waals surface area (Å²) in [5.41, 5.74) is 4.68.